The van der Waals surface area contributed by atoms with E-state index in [9.17, 15) is 4.79 Å². The highest BCUT2D eigenvalue weighted by molar-refractivity contribution is 7.21. The molecule has 23 heavy (non-hydrogen) atoms. The van der Waals surface area contributed by atoms with E-state index in [0.29, 0.717) is 5.69 Å². The normalized spacial score (nSPS) is 16.6. The first kappa shape index (κ1) is 14.6. The molecule has 0 bridgehead atoms. The Bertz CT molecular complexity index is 881. The first-order valence-electron chi connectivity index (χ1n) is 7.57. The Morgan fingerprint density at radius 1 is 1.26 bits per heavy atom. The smallest absolute Gasteiger partial charge is 0.278 e. The Morgan fingerprint density at radius 2 is 2.09 bits per heavy atom. The van der Waals surface area contributed by atoms with Gasteiger partial charge in [-0.3, -0.25) is 4.79 Å². The zero-order chi connectivity index (χ0) is 16.0. The fraction of sp³-hybridized carbons (Fsp3) is 0.222. The zero-order valence-corrected chi connectivity index (χ0v) is 14.6. The molecule has 0 aliphatic carbocycles. The number of aryl methyl sites for hydroxylation is 1. The number of fused-ring (bicyclic) bond motifs is 1. The van der Waals surface area contributed by atoms with Crippen LogP contribution < -0.4 is 4.90 Å². The van der Waals surface area contributed by atoms with Gasteiger partial charge in [-0.2, -0.15) is 0 Å². The van der Waals surface area contributed by atoms with Gasteiger partial charge in [-0.15, -0.1) is 22.7 Å². The van der Waals surface area contributed by atoms with E-state index in [4.69, 9.17) is 0 Å². The van der Waals surface area contributed by atoms with Crippen LogP contribution in [0.25, 0.3) is 9.88 Å². The molecule has 0 saturated carbocycles. The van der Waals surface area contributed by atoms with Gasteiger partial charge in [0.05, 0.1) is 4.88 Å². The number of amides is 1. The zero-order valence-electron chi connectivity index (χ0n) is 12.9. The summed E-state index contributed by atoms with van der Waals surface area (Å²) in [6.07, 6.45) is 0.906. The highest BCUT2D eigenvalue weighted by Crippen LogP contribution is 2.35. The fourth-order valence-electron chi connectivity index (χ4n) is 3.03. The molecule has 3 nitrogen and oxygen atoms in total. The summed E-state index contributed by atoms with van der Waals surface area (Å²) in [5, 5.41) is 2.80. The minimum absolute atomic E-state index is 0.00164. The Labute approximate surface area is 143 Å². The number of hydrogen-bond acceptors (Lipinski definition) is 4. The lowest BCUT2D eigenvalue weighted by molar-refractivity contribution is 0.0977. The summed E-state index contributed by atoms with van der Waals surface area (Å²) >= 11 is 3.25. The average molecular weight is 340 g/mol. The lowest BCUT2D eigenvalue weighted by atomic mass is 10.1. The molecule has 0 N–H and O–H groups in total. The number of hydrogen-bond donors (Lipinski definition) is 0. The van der Waals surface area contributed by atoms with Crippen LogP contribution in [0.15, 0.2) is 41.8 Å². The standard InChI is InChI=1S/C18H16N2OS2/c1-11-9-13-5-3-4-6-15(13)20(11)18(21)14-10-22-17(19-14)16-8-7-12(2)23-16/h3-8,10-11H,9H2,1-2H3/t11-/m1/s1. The Hall–Kier alpha value is -1.98. The van der Waals surface area contributed by atoms with Gasteiger partial charge in [0.2, 0.25) is 0 Å². The fourth-order valence-corrected chi connectivity index (χ4v) is 4.77. The van der Waals surface area contributed by atoms with Gasteiger partial charge in [0, 0.05) is 22.0 Å². The van der Waals surface area contributed by atoms with Crippen molar-refractivity contribution in [3.8, 4) is 9.88 Å². The number of carbonyl (C=O) groups is 1. The second-order valence-corrected chi connectivity index (χ2v) is 7.95. The summed E-state index contributed by atoms with van der Waals surface area (Å²) in [7, 11) is 0. The summed E-state index contributed by atoms with van der Waals surface area (Å²) in [5.74, 6) is -0.00164. The van der Waals surface area contributed by atoms with E-state index in [-0.39, 0.29) is 11.9 Å². The Balaban J connectivity index is 1.66. The van der Waals surface area contributed by atoms with Gasteiger partial charge in [-0.25, -0.2) is 4.98 Å². The predicted octanol–water partition coefficient (Wildman–Crippen LogP) is 4.77. The van der Waals surface area contributed by atoms with Crippen molar-refractivity contribution < 1.29 is 4.79 Å². The number of nitrogens with zero attached hydrogens (tertiary/aromatic N) is 2. The second-order valence-electron chi connectivity index (χ2n) is 5.81. The molecule has 3 aromatic rings. The number of thiazole rings is 1. The maximum atomic E-state index is 12.9. The molecule has 1 aromatic carbocycles. The van der Waals surface area contributed by atoms with Gasteiger partial charge in [0.15, 0.2) is 0 Å². The largest absolute Gasteiger partial charge is 0.304 e. The molecule has 3 heterocycles. The molecule has 116 valence electrons. The molecule has 5 heteroatoms. The predicted molar refractivity (Wildman–Crippen MR) is 96.6 cm³/mol. The molecule has 1 aliphatic rings. The van der Waals surface area contributed by atoms with E-state index in [2.05, 4.69) is 37.0 Å². The molecule has 0 spiro atoms. The SMILES string of the molecule is Cc1ccc(-c2nc(C(=O)N3c4ccccc4C[C@H]3C)cs2)s1. The monoisotopic (exact) mass is 340 g/mol. The average Bonchev–Trinajstić information content (AvgIpc) is 3.23. The summed E-state index contributed by atoms with van der Waals surface area (Å²) in [4.78, 5) is 21.8. The molecule has 0 unspecified atom stereocenters. The van der Waals surface area contributed by atoms with Crippen LogP contribution in [-0.2, 0) is 6.42 Å². The molecule has 2 aromatic heterocycles. The van der Waals surface area contributed by atoms with Gasteiger partial charge >= 0.3 is 0 Å². The van der Waals surface area contributed by atoms with Gasteiger partial charge in [0.25, 0.3) is 5.91 Å². The second kappa shape index (κ2) is 5.58. The summed E-state index contributed by atoms with van der Waals surface area (Å²) in [6, 6.07) is 12.5. The van der Waals surface area contributed by atoms with Gasteiger partial charge in [-0.1, -0.05) is 18.2 Å². The van der Waals surface area contributed by atoms with Crippen molar-refractivity contribution >= 4 is 34.3 Å². The van der Waals surface area contributed by atoms with E-state index in [0.717, 1.165) is 22.0 Å². The van der Waals surface area contributed by atoms with E-state index < -0.39 is 0 Å². The number of carbonyl (C=O) groups excluding carboxylic acids is 1. The Kier molecular flexibility index (Phi) is 3.54. The van der Waals surface area contributed by atoms with E-state index in [1.54, 1.807) is 11.3 Å². The van der Waals surface area contributed by atoms with Crippen molar-refractivity contribution in [3.05, 3.63) is 57.9 Å². The highest BCUT2D eigenvalue weighted by Gasteiger charge is 2.32. The first-order chi connectivity index (χ1) is 11.1. The quantitative estimate of drug-likeness (QED) is 0.673. The third-order valence-corrected chi connectivity index (χ3v) is 6.11. The van der Waals surface area contributed by atoms with Crippen molar-refractivity contribution in [2.45, 2.75) is 26.3 Å². The number of rotatable bonds is 2. The van der Waals surface area contributed by atoms with Crippen LogP contribution >= 0.6 is 22.7 Å². The maximum absolute atomic E-state index is 12.9. The first-order valence-corrected chi connectivity index (χ1v) is 9.27. The summed E-state index contributed by atoms with van der Waals surface area (Å²) < 4.78 is 0. The Morgan fingerprint density at radius 3 is 2.87 bits per heavy atom. The minimum atomic E-state index is -0.00164. The molecular formula is C18H16N2OS2. The molecular weight excluding hydrogens is 324 g/mol. The van der Waals surface area contributed by atoms with Crippen LogP contribution in [0, 0.1) is 6.92 Å². The summed E-state index contributed by atoms with van der Waals surface area (Å²) in [5.41, 5.74) is 2.80. The van der Waals surface area contributed by atoms with Crippen LogP contribution in [-0.4, -0.2) is 16.9 Å². The molecule has 0 fully saturated rings. The lowest BCUT2D eigenvalue weighted by Gasteiger charge is -2.21. The van der Waals surface area contributed by atoms with Crippen molar-refractivity contribution in [2.75, 3.05) is 4.90 Å². The van der Waals surface area contributed by atoms with Crippen molar-refractivity contribution in [1.82, 2.24) is 4.98 Å². The highest BCUT2D eigenvalue weighted by atomic mass is 32.1. The number of benzene rings is 1. The van der Waals surface area contributed by atoms with E-state index >= 15 is 0 Å². The van der Waals surface area contributed by atoms with Gasteiger partial charge in [0.1, 0.15) is 10.7 Å². The third kappa shape index (κ3) is 2.50. The number of anilines is 1. The van der Waals surface area contributed by atoms with Crippen LogP contribution in [0.2, 0.25) is 0 Å². The van der Waals surface area contributed by atoms with Crippen molar-refractivity contribution in [2.24, 2.45) is 0 Å². The molecule has 4 rings (SSSR count). The van der Waals surface area contributed by atoms with Crippen LogP contribution in [0.5, 0.6) is 0 Å². The van der Waals surface area contributed by atoms with Gasteiger partial charge in [-0.05, 0) is 44.0 Å². The van der Waals surface area contributed by atoms with Gasteiger partial charge < -0.3 is 4.90 Å². The lowest BCUT2D eigenvalue weighted by Crippen LogP contribution is -2.35. The van der Waals surface area contributed by atoms with Crippen molar-refractivity contribution in [1.29, 1.82) is 0 Å². The van der Waals surface area contributed by atoms with E-state index in [1.807, 2.05) is 28.5 Å². The molecule has 1 amide bonds. The topological polar surface area (TPSA) is 33.2 Å². The third-order valence-electron chi connectivity index (χ3n) is 4.10. The van der Waals surface area contributed by atoms with Crippen LogP contribution in [0.4, 0.5) is 5.69 Å². The maximum Gasteiger partial charge on any atom is 0.278 e. The molecule has 0 saturated heterocycles. The minimum Gasteiger partial charge on any atom is -0.304 e. The van der Waals surface area contributed by atoms with Crippen LogP contribution in [0.3, 0.4) is 0 Å². The molecule has 0 radical (unpaired) electrons. The molecule has 1 aliphatic heterocycles. The van der Waals surface area contributed by atoms with Crippen LogP contribution in [0.1, 0.15) is 27.9 Å². The van der Waals surface area contributed by atoms with E-state index in [1.165, 1.54) is 21.8 Å². The summed E-state index contributed by atoms with van der Waals surface area (Å²) in [6.45, 7) is 4.17. The number of para-hydroxylation sites is 1. The van der Waals surface area contributed by atoms with Crippen molar-refractivity contribution in [3.63, 3.8) is 0 Å². The number of aromatic nitrogens is 1. The number of thiophene rings is 1. The molecule has 1 atom stereocenters.